The minimum atomic E-state index is -0.125. The van der Waals surface area contributed by atoms with Gasteiger partial charge >= 0.3 is 0 Å². The molecule has 0 bridgehead atoms. The van der Waals surface area contributed by atoms with Gasteiger partial charge in [0.15, 0.2) is 5.78 Å². The molecule has 0 saturated carbocycles. The van der Waals surface area contributed by atoms with Crippen LogP contribution in [0.1, 0.15) is 19.4 Å². The average Bonchev–Trinajstić information content (AvgIpc) is 3.24. The van der Waals surface area contributed by atoms with Crippen molar-refractivity contribution in [3.63, 3.8) is 0 Å². The average molecular weight is 651 g/mol. The maximum absolute atomic E-state index is 10.0. The second-order valence-corrected chi connectivity index (χ2v) is 8.55. The Kier molecular flexibility index (Phi) is 7.35. The van der Waals surface area contributed by atoms with E-state index in [2.05, 4.69) is 67.6 Å². The zero-order chi connectivity index (χ0) is 24.5. The number of aromatic nitrogens is 1. The number of hydrogen-bond acceptors (Lipinski definition) is 4. The first-order chi connectivity index (χ1) is 16.9. The van der Waals surface area contributed by atoms with Crippen LogP contribution in [0.15, 0.2) is 95.1 Å². The third kappa shape index (κ3) is 4.68. The smallest absolute Gasteiger partial charge is 0.155 e. The summed E-state index contributed by atoms with van der Waals surface area (Å²) in [5, 5.41) is 14.1. The van der Waals surface area contributed by atoms with Gasteiger partial charge in [0, 0.05) is 48.0 Å². The van der Waals surface area contributed by atoms with Crippen molar-refractivity contribution in [2.45, 2.75) is 20.8 Å². The summed E-state index contributed by atoms with van der Waals surface area (Å²) < 4.78 is 6.33. The maximum Gasteiger partial charge on any atom is 0.155 e. The van der Waals surface area contributed by atoms with Gasteiger partial charge in [-0.1, -0.05) is 78.4 Å². The number of furan rings is 1. The van der Waals surface area contributed by atoms with E-state index in [-0.39, 0.29) is 31.6 Å². The van der Waals surface area contributed by atoms with Crippen LogP contribution >= 0.6 is 0 Å². The second kappa shape index (κ2) is 10.4. The third-order valence-electron chi connectivity index (χ3n) is 5.98. The van der Waals surface area contributed by atoms with Crippen LogP contribution in [-0.4, -0.2) is 15.9 Å². The number of hydrogen-bond donors (Lipinski definition) is 1. The Bertz CT molecular complexity index is 1760. The molecular weight excluding hydrogens is 627 g/mol. The molecular formula is C31H24IrNO3-. The fraction of sp³-hybridized carbons (Fsp3) is 0.0968. The number of nitrogens with zero attached hydrogens (tertiary/aromatic N) is 1. The van der Waals surface area contributed by atoms with Crippen molar-refractivity contribution in [3.8, 4) is 11.3 Å². The van der Waals surface area contributed by atoms with Gasteiger partial charge in [-0.2, -0.15) is 0 Å². The topological polar surface area (TPSA) is 63.3 Å². The Morgan fingerprint density at radius 2 is 1.56 bits per heavy atom. The van der Waals surface area contributed by atoms with Crippen molar-refractivity contribution in [2.24, 2.45) is 0 Å². The zero-order valence-electron chi connectivity index (χ0n) is 20.1. The number of allylic oxidation sites excluding steroid dienone is 2. The van der Waals surface area contributed by atoms with E-state index >= 15 is 0 Å². The van der Waals surface area contributed by atoms with Crippen LogP contribution in [0, 0.1) is 13.0 Å². The monoisotopic (exact) mass is 651 g/mol. The molecule has 1 N–H and O–H groups in total. The van der Waals surface area contributed by atoms with Crippen molar-refractivity contribution >= 4 is 49.4 Å². The van der Waals surface area contributed by atoms with Crippen LogP contribution < -0.4 is 0 Å². The molecule has 2 heterocycles. The molecule has 2 aromatic heterocycles. The number of aryl methyl sites for hydroxylation is 1. The van der Waals surface area contributed by atoms with E-state index in [9.17, 15) is 4.79 Å². The van der Waals surface area contributed by atoms with Crippen LogP contribution in [0.5, 0.6) is 0 Å². The summed E-state index contributed by atoms with van der Waals surface area (Å²) >= 11 is 0. The van der Waals surface area contributed by atoms with E-state index in [0.717, 1.165) is 44.1 Å². The Labute approximate surface area is 222 Å². The minimum Gasteiger partial charge on any atom is -0.512 e. The molecule has 0 fully saturated rings. The summed E-state index contributed by atoms with van der Waals surface area (Å²) in [6.45, 7) is 4.99. The van der Waals surface area contributed by atoms with E-state index < -0.39 is 0 Å². The van der Waals surface area contributed by atoms with Gasteiger partial charge in [0.1, 0.15) is 11.2 Å². The van der Waals surface area contributed by atoms with Crippen LogP contribution in [-0.2, 0) is 24.9 Å². The number of carbonyl (C=O) groups is 1. The van der Waals surface area contributed by atoms with Gasteiger partial charge in [0.25, 0.3) is 0 Å². The van der Waals surface area contributed by atoms with Gasteiger partial charge in [-0.3, -0.25) is 9.78 Å². The largest absolute Gasteiger partial charge is 0.512 e. The number of ketones is 1. The first kappa shape index (κ1) is 25.3. The number of para-hydroxylation sites is 2. The van der Waals surface area contributed by atoms with Crippen molar-refractivity contribution < 1.29 is 34.4 Å². The number of pyridine rings is 1. The SMILES string of the molecule is CC(=O)/C=C(/C)O.Cc1c(-c2nc3ccccc3c3c2oc2ccccc23)[c-]cc2ccccc12.[Ir]. The second-order valence-electron chi connectivity index (χ2n) is 8.55. The molecule has 5 heteroatoms. The van der Waals surface area contributed by atoms with E-state index in [1.807, 2.05) is 24.3 Å². The van der Waals surface area contributed by atoms with Gasteiger partial charge in [0.2, 0.25) is 0 Å². The Morgan fingerprint density at radius 3 is 2.25 bits per heavy atom. The molecule has 4 nitrogen and oxygen atoms in total. The standard InChI is InChI=1S/C26H16NO.C5H8O2.Ir/c1-16-18-9-3-2-8-17(18)14-15-19(16)25-26-24(20-10-4-6-12-22(20)27-25)21-11-5-7-13-23(21)28-26;1-4(6)3-5(2)7;/h2-14H,1H3;3,6H,1-2H3;/q-1;;/b;4-3-;. The Hall–Kier alpha value is -3.79. The van der Waals surface area contributed by atoms with E-state index in [0.29, 0.717) is 0 Å². The maximum atomic E-state index is 10.0. The summed E-state index contributed by atoms with van der Waals surface area (Å²) in [6.07, 6.45) is 1.17. The molecule has 36 heavy (non-hydrogen) atoms. The van der Waals surface area contributed by atoms with Crippen molar-refractivity contribution in [1.29, 1.82) is 0 Å². The predicted octanol–water partition coefficient (Wildman–Crippen LogP) is 8.10. The molecule has 1 radical (unpaired) electrons. The Balaban J connectivity index is 0.000000338. The summed E-state index contributed by atoms with van der Waals surface area (Å²) in [5.74, 6) is -0.0625. The molecule has 0 unspecified atom stereocenters. The predicted molar refractivity (Wildman–Crippen MR) is 143 cm³/mol. The molecule has 4 aromatic carbocycles. The molecule has 6 rings (SSSR count). The molecule has 0 atom stereocenters. The van der Waals surface area contributed by atoms with Crippen LogP contribution in [0.2, 0.25) is 0 Å². The molecule has 181 valence electrons. The number of aliphatic hydroxyl groups excluding tert-OH is 1. The number of fused-ring (bicyclic) bond motifs is 6. The molecule has 0 aliphatic carbocycles. The minimum absolute atomic E-state index is 0. The van der Waals surface area contributed by atoms with Gasteiger partial charge in [-0.15, -0.1) is 23.3 Å². The number of carbonyl (C=O) groups excluding carboxylic acids is 1. The summed E-state index contributed by atoms with van der Waals surface area (Å²) in [6, 6.07) is 30.4. The van der Waals surface area contributed by atoms with Gasteiger partial charge in [0.05, 0.1) is 11.3 Å². The van der Waals surface area contributed by atoms with Gasteiger partial charge < -0.3 is 9.52 Å². The zero-order valence-corrected chi connectivity index (χ0v) is 22.5. The molecule has 0 aliphatic rings. The summed E-state index contributed by atoms with van der Waals surface area (Å²) in [4.78, 5) is 15.0. The van der Waals surface area contributed by atoms with Crippen LogP contribution in [0.25, 0.3) is 54.9 Å². The molecule has 0 spiro atoms. The van der Waals surface area contributed by atoms with E-state index in [1.165, 1.54) is 36.3 Å². The van der Waals surface area contributed by atoms with Gasteiger partial charge in [-0.05, 0) is 26.0 Å². The van der Waals surface area contributed by atoms with E-state index in [1.54, 1.807) is 0 Å². The quantitative estimate of drug-likeness (QED) is 0.117. The molecule has 0 aliphatic heterocycles. The van der Waals surface area contributed by atoms with E-state index in [4.69, 9.17) is 14.5 Å². The first-order valence-corrected chi connectivity index (χ1v) is 11.4. The number of aliphatic hydroxyl groups is 1. The van der Waals surface area contributed by atoms with Crippen molar-refractivity contribution in [2.75, 3.05) is 0 Å². The fourth-order valence-electron chi connectivity index (χ4n) is 4.50. The first-order valence-electron chi connectivity index (χ1n) is 11.4. The molecule has 0 saturated heterocycles. The number of rotatable bonds is 2. The summed E-state index contributed by atoms with van der Waals surface area (Å²) in [7, 11) is 0. The third-order valence-corrected chi connectivity index (χ3v) is 5.98. The van der Waals surface area contributed by atoms with Gasteiger partial charge in [-0.25, -0.2) is 0 Å². The van der Waals surface area contributed by atoms with Crippen LogP contribution in [0.4, 0.5) is 0 Å². The van der Waals surface area contributed by atoms with Crippen LogP contribution in [0.3, 0.4) is 0 Å². The molecule has 6 aromatic rings. The van der Waals surface area contributed by atoms with Crippen molar-refractivity contribution in [1.82, 2.24) is 4.98 Å². The Morgan fingerprint density at radius 1 is 0.917 bits per heavy atom. The van der Waals surface area contributed by atoms with Crippen molar-refractivity contribution in [3.05, 3.63) is 102 Å². The molecule has 0 amide bonds. The number of benzene rings is 4. The fourth-order valence-corrected chi connectivity index (χ4v) is 4.50. The normalized spacial score (nSPS) is 11.4. The summed E-state index contributed by atoms with van der Waals surface area (Å²) in [5.41, 5.74) is 5.70.